The molecule has 1 saturated heterocycles. The van der Waals surface area contributed by atoms with Crippen LogP contribution in [0, 0.1) is 6.92 Å². The lowest BCUT2D eigenvalue weighted by Gasteiger charge is -2.32. The Morgan fingerprint density at radius 2 is 2.08 bits per heavy atom. The minimum Gasteiger partial charge on any atom is -0.379 e. The number of hydrogen-bond donors (Lipinski definition) is 1. The number of nitrogens with one attached hydrogen (secondary N) is 1. The molecule has 0 unspecified atom stereocenters. The molecule has 2 aromatic rings. The van der Waals surface area contributed by atoms with Gasteiger partial charge in [0.25, 0.3) is 5.91 Å². The molecule has 0 bridgehead atoms. The van der Waals surface area contributed by atoms with Crippen LogP contribution in [0.15, 0.2) is 48.5 Å². The molecule has 1 aromatic heterocycles. The lowest BCUT2D eigenvalue weighted by atomic mass is 10.1. The molecule has 1 aromatic carbocycles. The number of aromatic nitrogens is 1. The number of ether oxygens (including phenoxy) is 2. The molecule has 1 aliphatic rings. The van der Waals surface area contributed by atoms with Gasteiger partial charge in [-0.25, -0.2) is 4.98 Å². The molecule has 3 rings (SSSR count). The maximum Gasteiger partial charge on any atom is 0.270 e. The van der Waals surface area contributed by atoms with Crippen molar-refractivity contribution < 1.29 is 14.3 Å². The third kappa shape index (κ3) is 4.40. The second-order valence-electron chi connectivity index (χ2n) is 5.94. The minimum atomic E-state index is -0.168. The molecular weight excluding hydrogens is 304 g/mol. The number of benzene rings is 1. The summed E-state index contributed by atoms with van der Waals surface area (Å²) in [5, 5.41) is 3.04. The Kier molecular flexibility index (Phi) is 5.56. The minimum absolute atomic E-state index is 0.0720. The van der Waals surface area contributed by atoms with Crippen LogP contribution < -0.4 is 5.32 Å². The van der Waals surface area contributed by atoms with E-state index < -0.39 is 0 Å². The first kappa shape index (κ1) is 16.6. The van der Waals surface area contributed by atoms with Gasteiger partial charge >= 0.3 is 0 Å². The van der Waals surface area contributed by atoms with Gasteiger partial charge in [0.05, 0.1) is 19.3 Å². The van der Waals surface area contributed by atoms with Crippen LogP contribution in [0.5, 0.6) is 0 Å². The Balaban J connectivity index is 1.60. The molecule has 2 atom stereocenters. The van der Waals surface area contributed by atoms with Gasteiger partial charge in [0.15, 0.2) is 0 Å². The van der Waals surface area contributed by atoms with Crippen LogP contribution in [0.3, 0.4) is 0 Å². The summed E-state index contributed by atoms with van der Waals surface area (Å²) in [5.74, 6) is -0.168. The Morgan fingerprint density at radius 1 is 1.25 bits per heavy atom. The van der Waals surface area contributed by atoms with E-state index in [1.807, 2.05) is 49.4 Å². The summed E-state index contributed by atoms with van der Waals surface area (Å²) >= 11 is 0. The van der Waals surface area contributed by atoms with E-state index in [-0.39, 0.29) is 18.1 Å². The quantitative estimate of drug-likeness (QED) is 0.917. The van der Waals surface area contributed by atoms with E-state index >= 15 is 0 Å². The number of amides is 1. The fraction of sp³-hybridized carbons (Fsp3) is 0.368. The van der Waals surface area contributed by atoms with Crippen molar-refractivity contribution in [1.82, 2.24) is 10.3 Å². The number of pyridine rings is 1. The van der Waals surface area contributed by atoms with Crippen molar-refractivity contribution in [1.29, 1.82) is 0 Å². The van der Waals surface area contributed by atoms with Crippen LogP contribution in [0.25, 0.3) is 0 Å². The average molecular weight is 326 g/mol. The molecule has 2 heterocycles. The molecule has 0 saturated carbocycles. The lowest BCUT2D eigenvalue weighted by Crippen LogP contribution is -2.50. The largest absolute Gasteiger partial charge is 0.379 e. The zero-order valence-corrected chi connectivity index (χ0v) is 13.8. The zero-order chi connectivity index (χ0) is 16.8. The topological polar surface area (TPSA) is 60.5 Å². The molecule has 5 nitrogen and oxygen atoms in total. The van der Waals surface area contributed by atoms with Gasteiger partial charge in [-0.2, -0.15) is 0 Å². The van der Waals surface area contributed by atoms with Crippen LogP contribution >= 0.6 is 0 Å². The van der Waals surface area contributed by atoms with Gasteiger partial charge in [0.2, 0.25) is 0 Å². The first-order valence-electron chi connectivity index (χ1n) is 8.20. The predicted molar refractivity (Wildman–Crippen MR) is 90.7 cm³/mol. The number of carbonyl (C=O) groups is 1. The smallest absolute Gasteiger partial charge is 0.270 e. The first-order chi connectivity index (χ1) is 11.7. The number of rotatable bonds is 5. The molecule has 1 amide bonds. The third-order valence-electron chi connectivity index (χ3n) is 4.05. The van der Waals surface area contributed by atoms with Crippen LogP contribution in [0.1, 0.15) is 28.2 Å². The molecule has 5 heteroatoms. The van der Waals surface area contributed by atoms with Crippen molar-refractivity contribution in [3.8, 4) is 0 Å². The Morgan fingerprint density at radius 3 is 2.88 bits per heavy atom. The molecule has 0 aliphatic carbocycles. The second-order valence-corrected chi connectivity index (χ2v) is 5.94. The van der Waals surface area contributed by atoms with E-state index in [1.165, 1.54) is 0 Å². The summed E-state index contributed by atoms with van der Waals surface area (Å²) < 4.78 is 11.5. The van der Waals surface area contributed by atoms with Crippen LogP contribution in [-0.4, -0.2) is 36.3 Å². The number of hydrogen-bond acceptors (Lipinski definition) is 4. The van der Waals surface area contributed by atoms with Crippen molar-refractivity contribution in [2.45, 2.75) is 32.1 Å². The Hall–Kier alpha value is -2.24. The molecule has 24 heavy (non-hydrogen) atoms. The van der Waals surface area contributed by atoms with Gasteiger partial charge < -0.3 is 14.8 Å². The lowest BCUT2D eigenvalue weighted by molar-refractivity contribution is -0.0736. The summed E-state index contributed by atoms with van der Waals surface area (Å²) in [6, 6.07) is 15.4. The van der Waals surface area contributed by atoms with E-state index in [2.05, 4.69) is 10.3 Å². The summed E-state index contributed by atoms with van der Waals surface area (Å²) in [6.45, 7) is 3.48. The summed E-state index contributed by atoms with van der Waals surface area (Å²) in [6.07, 6.45) is 0.574. The Bertz CT molecular complexity index is 675. The van der Waals surface area contributed by atoms with E-state index in [4.69, 9.17) is 9.47 Å². The van der Waals surface area contributed by atoms with E-state index in [9.17, 15) is 4.79 Å². The summed E-state index contributed by atoms with van der Waals surface area (Å²) in [7, 11) is 0. The molecule has 1 aliphatic heterocycles. The fourth-order valence-electron chi connectivity index (χ4n) is 2.73. The van der Waals surface area contributed by atoms with Crippen LogP contribution in [-0.2, 0) is 16.1 Å². The van der Waals surface area contributed by atoms with E-state index in [0.717, 1.165) is 17.7 Å². The maximum atomic E-state index is 12.4. The van der Waals surface area contributed by atoms with Crippen molar-refractivity contribution in [3.05, 3.63) is 65.5 Å². The zero-order valence-electron chi connectivity index (χ0n) is 13.8. The standard InChI is InChI=1S/C19H22N2O3/c1-14-6-5-9-17(20-14)19(22)21-16-10-11-23-13-18(16)24-12-15-7-3-2-4-8-15/h2-9,16,18H,10-13H2,1H3,(H,21,22)/t16-,18-/m1/s1. The number of aryl methyl sites for hydroxylation is 1. The van der Waals surface area contributed by atoms with Gasteiger partial charge in [-0.15, -0.1) is 0 Å². The monoisotopic (exact) mass is 326 g/mol. The van der Waals surface area contributed by atoms with Gasteiger partial charge in [0.1, 0.15) is 11.8 Å². The summed E-state index contributed by atoms with van der Waals surface area (Å²) in [5.41, 5.74) is 2.36. The first-order valence-corrected chi connectivity index (χ1v) is 8.20. The molecule has 1 fully saturated rings. The highest BCUT2D eigenvalue weighted by atomic mass is 16.5. The van der Waals surface area contributed by atoms with Crippen molar-refractivity contribution in [2.24, 2.45) is 0 Å². The van der Waals surface area contributed by atoms with Crippen molar-refractivity contribution in [2.75, 3.05) is 13.2 Å². The van der Waals surface area contributed by atoms with Crippen molar-refractivity contribution >= 4 is 5.91 Å². The molecular formula is C19H22N2O3. The van der Waals surface area contributed by atoms with Gasteiger partial charge in [0, 0.05) is 12.3 Å². The number of nitrogens with zero attached hydrogens (tertiary/aromatic N) is 1. The summed E-state index contributed by atoms with van der Waals surface area (Å²) in [4.78, 5) is 16.7. The highest BCUT2D eigenvalue weighted by Crippen LogP contribution is 2.14. The normalized spacial score (nSPS) is 20.5. The van der Waals surface area contributed by atoms with Gasteiger partial charge in [-0.3, -0.25) is 4.79 Å². The van der Waals surface area contributed by atoms with Crippen LogP contribution in [0.2, 0.25) is 0 Å². The molecule has 0 spiro atoms. The Labute approximate surface area is 142 Å². The van der Waals surface area contributed by atoms with Gasteiger partial charge in [-0.05, 0) is 31.0 Å². The van der Waals surface area contributed by atoms with Crippen LogP contribution in [0.4, 0.5) is 0 Å². The highest BCUT2D eigenvalue weighted by molar-refractivity contribution is 5.92. The van der Waals surface area contributed by atoms with E-state index in [1.54, 1.807) is 6.07 Å². The number of carbonyl (C=O) groups excluding carboxylic acids is 1. The van der Waals surface area contributed by atoms with Crippen molar-refractivity contribution in [3.63, 3.8) is 0 Å². The third-order valence-corrected chi connectivity index (χ3v) is 4.05. The maximum absolute atomic E-state index is 12.4. The molecule has 126 valence electrons. The average Bonchev–Trinajstić information content (AvgIpc) is 2.62. The SMILES string of the molecule is Cc1cccc(C(=O)N[C@@H]2CCOC[C@H]2OCc2ccccc2)n1. The van der Waals surface area contributed by atoms with Gasteiger partial charge in [-0.1, -0.05) is 36.4 Å². The predicted octanol–water partition coefficient (Wildman–Crippen LogP) is 2.49. The fourth-order valence-corrected chi connectivity index (χ4v) is 2.73. The molecule has 0 radical (unpaired) electrons. The molecule has 1 N–H and O–H groups in total. The second kappa shape index (κ2) is 8.04. The highest BCUT2D eigenvalue weighted by Gasteiger charge is 2.28. The van der Waals surface area contributed by atoms with E-state index in [0.29, 0.717) is 25.5 Å².